The maximum Gasteiger partial charge on any atom is 0.339 e. The highest BCUT2D eigenvalue weighted by molar-refractivity contribution is 7.87. The molecule has 122 valence electrons. The number of nitrogens with one attached hydrogen (secondary N) is 1. The van der Waals surface area contributed by atoms with E-state index in [1.165, 1.54) is 43.2 Å². The Morgan fingerprint density at radius 2 is 1.74 bits per heavy atom. The number of rotatable bonds is 6. The number of hydrogen-bond acceptors (Lipinski definition) is 6. The number of anilines is 3. The molecule has 0 aliphatic heterocycles. The van der Waals surface area contributed by atoms with Crippen LogP contribution in [-0.2, 0) is 10.1 Å². The fourth-order valence-corrected chi connectivity index (χ4v) is 3.03. The number of hydrogen-bond donors (Lipinski definition) is 3. The van der Waals surface area contributed by atoms with Crippen LogP contribution in [-0.4, -0.2) is 15.0 Å². The third-order valence-electron chi connectivity index (χ3n) is 3.70. The van der Waals surface area contributed by atoms with Crippen molar-refractivity contribution in [3.05, 3.63) is 42.5 Å². The van der Waals surface area contributed by atoms with E-state index in [9.17, 15) is 8.42 Å². The van der Waals surface area contributed by atoms with E-state index < -0.39 is 10.1 Å². The van der Waals surface area contributed by atoms with E-state index in [1.807, 2.05) is 0 Å². The van der Waals surface area contributed by atoms with Crippen LogP contribution in [0.25, 0.3) is 0 Å². The summed E-state index contributed by atoms with van der Waals surface area (Å²) in [6.45, 7) is 0.924. The largest absolute Gasteiger partial charge is 0.397 e. The molecule has 0 bridgehead atoms. The summed E-state index contributed by atoms with van der Waals surface area (Å²) in [6.07, 6.45) is 2.52. The molecule has 0 spiro atoms. The Balaban J connectivity index is 1.71. The van der Waals surface area contributed by atoms with E-state index in [2.05, 4.69) is 5.32 Å². The molecule has 0 unspecified atom stereocenters. The number of nitrogens with two attached hydrogens (primary N) is 2. The average molecular weight is 333 g/mol. The molecule has 3 rings (SSSR count). The van der Waals surface area contributed by atoms with Gasteiger partial charge in [-0.25, -0.2) is 0 Å². The fraction of sp³-hybridized carbons (Fsp3) is 0.250. The summed E-state index contributed by atoms with van der Waals surface area (Å²) < 4.78 is 29.6. The molecule has 1 fully saturated rings. The quantitative estimate of drug-likeness (QED) is 0.553. The second-order valence-corrected chi connectivity index (χ2v) is 7.22. The molecule has 0 atom stereocenters. The van der Waals surface area contributed by atoms with Crippen LogP contribution in [0.3, 0.4) is 0 Å². The van der Waals surface area contributed by atoms with Gasteiger partial charge in [-0.05, 0) is 55.2 Å². The van der Waals surface area contributed by atoms with E-state index in [-0.39, 0.29) is 16.3 Å². The van der Waals surface area contributed by atoms with Gasteiger partial charge in [0, 0.05) is 18.3 Å². The zero-order valence-corrected chi connectivity index (χ0v) is 13.3. The number of nitrogen functional groups attached to an aromatic ring is 2. The Morgan fingerprint density at radius 3 is 2.35 bits per heavy atom. The van der Waals surface area contributed by atoms with Crippen molar-refractivity contribution in [2.75, 3.05) is 23.3 Å². The maximum absolute atomic E-state index is 12.3. The molecule has 0 saturated heterocycles. The monoisotopic (exact) mass is 333 g/mol. The summed E-state index contributed by atoms with van der Waals surface area (Å²) in [5.74, 6) is 0.880. The molecule has 0 radical (unpaired) electrons. The lowest BCUT2D eigenvalue weighted by Crippen LogP contribution is -2.10. The molecule has 0 amide bonds. The van der Waals surface area contributed by atoms with Crippen molar-refractivity contribution in [2.45, 2.75) is 17.7 Å². The molecular formula is C16H19N3O3S. The van der Waals surface area contributed by atoms with Gasteiger partial charge in [0.05, 0.1) is 11.4 Å². The van der Waals surface area contributed by atoms with Crippen LogP contribution in [0.5, 0.6) is 5.75 Å². The van der Waals surface area contributed by atoms with Crippen LogP contribution in [0.2, 0.25) is 0 Å². The van der Waals surface area contributed by atoms with Gasteiger partial charge in [-0.15, -0.1) is 0 Å². The standard InChI is InChI=1S/C16H19N3O3S/c17-15-8-5-13(9-16(15)18)22-23(20,21)14-6-3-12(4-7-14)19-10-11-1-2-11/h3-9,11,19H,1-2,10,17-18H2. The van der Waals surface area contributed by atoms with Crippen LogP contribution < -0.4 is 21.0 Å². The predicted molar refractivity (Wildman–Crippen MR) is 90.7 cm³/mol. The molecule has 1 aliphatic rings. The molecule has 2 aromatic rings. The first kappa shape index (κ1) is 15.5. The summed E-state index contributed by atoms with van der Waals surface area (Å²) in [7, 11) is -3.90. The smallest absolute Gasteiger partial charge is 0.339 e. The van der Waals surface area contributed by atoms with Gasteiger partial charge in [-0.1, -0.05) is 0 Å². The maximum atomic E-state index is 12.3. The fourth-order valence-electron chi connectivity index (χ4n) is 2.10. The van der Waals surface area contributed by atoms with Crippen LogP contribution >= 0.6 is 0 Å². The molecule has 1 saturated carbocycles. The highest BCUT2D eigenvalue weighted by Gasteiger charge is 2.21. The molecule has 0 aromatic heterocycles. The molecule has 6 nitrogen and oxygen atoms in total. The zero-order chi connectivity index (χ0) is 16.4. The minimum Gasteiger partial charge on any atom is -0.397 e. The lowest BCUT2D eigenvalue weighted by Gasteiger charge is -2.10. The highest BCUT2D eigenvalue weighted by atomic mass is 32.2. The second kappa shape index (κ2) is 6.00. The molecule has 2 aromatic carbocycles. The summed E-state index contributed by atoms with van der Waals surface area (Å²) >= 11 is 0. The van der Waals surface area contributed by atoms with Gasteiger partial charge in [0.15, 0.2) is 0 Å². The van der Waals surface area contributed by atoms with Crippen LogP contribution in [0.1, 0.15) is 12.8 Å². The van der Waals surface area contributed by atoms with Gasteiger partial charge in [-0.3, -0.25) is 0 Å². The van der Waals surface area contributed by atoms with Crippen LogP contribution in [0.15, 0.2) is 47.4 Å². The van der Waals surface area contributed by atoms with Crippen molar-refractivity contribution < 1.29 is 12.6 Å². The minimum absolute atomic E-state index is 0.0878. The summed E-state index contributed by atoms with van der Waals surface area (Å²) in [5.41, 5.74) is 12.8. The van der Waals surface area contributed by atoms with Gasteiger partial charge < -0.3 is 21.0 Å². The van der Waals surface area contributed by atoms with Gasteiger partial charge in [0.2, 0.25) is 0 Å². The van der Waals surface area contributed by atoms with Gasteiger partial charge >= 0.3 is 10.1 Å². The Hall–Kier alpha value is -2.41. The predicted octanol–water partition coefficient (Wildman–Crippen LogP) is 2.44. The second-order valence-electron chi connectivity index (χ2n) is 5.68. The molecule has 1 aliphatic carbocycles. The summed E-state index contributed by atoms with van der Waals surface area (Å²) in [5, 5.41) is 3.28. The SMILES string of the molecule is Nc1ccc(OS(=O)(=O)c2ccc(NCC3CC3)cc2)cc1N. The van der Waals surface area contributed by atoms with E-state index in [4.69, 9.17) is 15.7 Å². The molecular weight excluding hydrogens is 314 g/mol. The first-order valence-corrected chi connectivity index (χ1v) is 8.78. The third-order valence-corrected chi connectivity index (χ3v) is 4.96. The molecule has 23 heavy (non-hydrogen) atoms. The van der Waals surface area contributed by atoms with Crippen molar-refractivity contribution in [3.63, 3.8) is 0 Å². The molecule has 7 heteroatoms. The molecule has 5 N–H and O–H groups in total. The summed E-state index contributed by atoms with van der Waals surface area (Å²) in [4.78, 5) is 0.0878. The summed E-state index contributed by atoms with van der Waals surface area (Å²) in [6, 6.07) is 10.9. The highest BCUT2D eigenvalue weighted by Crippen LogP contribution is 2.29. The van der Waals surface area contributed by atoms with Crippen molar-refractivity contribution in [1.29, 1.82) is 0 Å². The van der Waals surface area contributed by atoms with Crippen LogP contribution in [0, 0.1) is 5.92 Å². The van der Waals surface area contributed by atoms with Crippen molar-refractivity contribution in [1.82, 2.24) is 0 Å². The Labute approximate surface area is 135 Å². The van der Waals surface area contributed by atoms with Gasteiger partial charge in [-0.2, -0.15) is 8.42 Å². The van der Waals surface area contributed by atoms with Crippen molar-refractivity contribution in [3.8, 4) is 5.75 Å². The first-order chi connectivity index (χ1) is 10.9. The lowest BCUT2D eigenvalue weighted by molar-refractivity contribution is 0.486. The van der Waals surface area contributed by atoms with E-state index in [0.29, 0.717) is 5.69 Å². The van der Waals surface area contributed by atoms with Crippen molar-refractivity contribution in [2.24, 2.45) is 5.92 Å². The normalized spacial score (nSPS) is 14.4. The van der Waals surface area contributed by atoms with E-state index in [1.54, 1.807) is 12.1 Å². The zero-order valence-electron chi connectivity index (χ0n) is 12.5. The minimum atomic E-state index is -3.90. The molecule has 0 heterocycles. The Kier molecular flexibility index (Phi) is 4.04. The Bertz CT molecular complexity index is 800. The van der Waals surface area contributed by atoms with E-state index >= 15 is 0 Å². The topological polar surface area (TPSA) is 107 Å². The third kappa shape index (κ3) is 3.87. The van der Waals surface area contributed by atoms with Crippen LogP contribution in [0.4, 0.5) is 17.1 Å². The Morgan fingerprint density at radius 1 is 1.04 bits per heavy atom. The van der Waals surface area contributed by atoms with E-state index in [0.717, 1.165) is 18.2 Å². The number of benzene rings is 2. The average Bonchev–Trinajstić information content (AvgIpc) is 3.33. The first-order valence-electron chi connectivity index (χ1n) is 7.37. The lowest BCUT2D eigenvalue weighted by atomic mass is 10.3. The van der Waals surface area contributed by atoms with Gasteiger partial charge in [0.25, 0.3) is 0 Å². The van der Waals surface area contributed by atoms with Crippen molar-refractivity contribution >= 4 is 27.2 Å². The van der Waals surface area contributed by atoms with Gasteiger partial charge in [0.1, 0.15) is 10.6 Å².